The molecule has 2 aliphatic heterocycles. The van der Waals surface area contributed by atoms with Crippen molar-refractivity contribution in [3.8, 4) is 5.75 Å². The zero-order chi connectivity index (χ0) is 24.3. The Bertz CT molecular complexity index is 1150. The van der Waals surface area contributed by atoms with Crippen LogP contribution in [0.15, 0.2) is 30.3 Å². The van der Waals surface area contributed by atoms with Crippen LogP contribution in [-0.2, 0) is 25.8 Å². The minimum atomic E-state index is -3.06. The van der Waals surface area contributed by atoms with Gasteiger partial charge in [0.2, 0.25) is 11.8 Å². The van der Waals surface area contributed by atoms with Crippen molar-refractivity contribution in [2.24, 2.45) is 0 Å². The van der Waals surface area contributed by atoms with Crippen molar-refractivity contribution in [2.75, 3.05) is 56.7 Å². The molecule has 0 saturated carbocycles. The minimum Gasteiger partial charge on any atom is -0.497 e. The number of sulfone groups is 1. The van der Waals surface area contributed by atoms with Crippen molar-refractivity contribution >= 4 is 27.5 Å². The number of hydrogen-bond donors (Lipinski definition) is 1. The number of rotatable bonds is 7. The van der Waals surface area contributed by atoms with Crippen molar-refractivity contribution in [1.82, 2.24) is 19.6 Å². The van der Waals surface area contributed by atoms with E-state index in [-0.39, 0.29) is 35.9 Å². The second-order valence-corrected chi connectivity index (χ2v) is 11.1. The summed E-state index contributed by atoms with van der Waals surface area (Å²) in [7, 11) is -1.46. The highest BCUT2D eigenvalue weighted by molar-refractivity contribution is 7.91. The highest BCUT2D eigenvalue weighted by Gasteiger charge is 2.31. The Morgan fingerprint density at radius 2 is 1.94 bits per heavy atom. The quantitative estimate of drug-likeness (QED) is 0.614. The van der Waals surface area contributed by atoms with Crippen LogP contribution >= 0.6 is 0 Å². The molecule has 0 spiro atoms. The summed E-state index contributed by atoms with van der Waals surface area (Å²) in [6, 6.07) is 9.00. The van der Waals surface area contributed by atoms with Gasteiger partial charge in [-0.1, -0.05) is 12.1 Å². The Hall–Kier alpha value is -2.92. The zero-order valence-electron chi connectivity index (χ0n) is 19.6. The number of nitrogens with zero attached hydrogens (tertiary/aromatic N) is 4. The summed E-state index contributed by atoms with van der Waals surface area (Å²) in [6.45, 7) is 4.36. The summed E-state index contributed by atoms with van der Waals surface area (Å²) in [4.78, 5) is 29.2. The topological polar surface area (TPSA) is 114 Å². The lowest BCUT2D eigenvalue weighted by Crippen LogP contribution is -2.50. The van der Waals surface area contributed by atoms with E-state index < -0.39 is 9.84 Å². The van der Waals surface area contributed by atoms with Gasteiger partial charge in [0.05, 0.1) is 43.3 Å². The van der Waals surface area contributed by atoms with Gasteiger partial charge in [0.25, 0.3) is 0 Å². The molecule has 1 N–H and O–H groups in total. The van der Waals surface area contributed by atoms with E-state index in [0.717, 1.165) is 17.0 Å². The van der Waals surface area contributed by atoms with E-state index in [0.29, 0.717) is 44.8 Å². The van der Waals surface area contributed by atoms with E-state index in [1.807, 2.05) is 41.0 Å². The average Bonchev–Trinajstić information content (AvgIpc) is 3.35. The van der Waals surface area contributed by atoms with Crippen LogP contribution < -0.4 is 10.1 Å². The summed E-state index contributed by atoms with van der Waals surface area (Å²) < 4.78 is 30.6. The van der Waals surface area contributed by atoms with Gasteiger partial charge in [-0.3, -0.25) is 14.5 Å². The summed E-state index contributed by atoms with van der Waals surface area (Å²) in [6.07, 6.45) is 0.815. The molecular formula is C23H31N5O5S. The van der Waals surface area contributed by atoms with Crippen LogP contribution in [0.3, 0.4) is 0 Å². The largest absolute Gasteiger partial charge is 0.497 e. The van der Waals surface area contributed by atoms with Gasteiger partial charge in [0.15, 0.2) is 9.84 Å². The third-order valence-electron chi connectivity index (χ3n) is 6.26. The fraction of sp³-hybridized carbons (Fsp3) is 0.522. The predicted molar refractivity (Wildman–Crippen MR) is 128 cm³/mol. The van der Waals surface area contributed by atoms with E-state index in [1.165, 1.54) is 0 Å². The first kappa shape index (κ1) is 24.2. The van der Waals surface area contributed by atoms with E-state index in [9.17, 15) is 18.0 Å². The molecule has 0 bridgehead atoms. The number of carbonyl (C=O) groups excluding carboxylic acids is 2. The number of ether oxygens (including phenoxy) is 1. The Balaban J connectivity index is 1.27. The first-order chi connectivity index (χ1) is 16.2. The van der Waals surface area contributed by atoms with Crippen LogP contribution in [0.25, 0.3) is 0 Å². The molecule has 11 heteroatoms. The van der Waals surface area contributed by atoms with Crippen molar-refractivity contribution in [3.05, 3.63) is 41.6 Å². The Morgan fingerprint density at radius 1 is 1.18 bits per heavy atom. The smallest absolute Gasteiger partial charge is 0.239 e. The van der Waals surface area contributed by atoms with Crippen molar-refractivity contribution in [2.45, 2.75) is 25.8 Å². The van der Waals surface area contributed by atoms with Crippen LogP contribution in [0.2, 0.25) is 0 Å². The third kappa shape index (κ3) is 5.95. The third-order valence-corrected chi connectivity index (χ3v) is 8.01. The lowest BCUT2D eigenvalue weighted by Gasteiger charge is -2.34. The molecule has 1 aromatic heterocycles. The van der Waals surface area contributed by atoms with Gasteiger partial charge in [-0.25, -0.2) is 13.1 Å². The van der Waals surface area contributed by atoms with Gasteiger partial charge in [-0.05, 0) is 31.0 Å². The molecule has 2 fully saturated rings. The highest BCUT2D eigenvalue weighted by Crippen LogP contribution is 2.27. The second-order valence-electron chi connectivity index (χ2n) is 8.91. The maximum atomic E-state index is 12.7. The number of anilines is 1. The standard InChI is InChI=1S/C23H31N5O5S/c1-17-12-21(28(25-17)19-6-11-34(31,32)16-19)24-22(29)15-26-7-9-27(10-8-26)23(30)14-18-4-3-5-20(13-18)33-2/h3-5,12-13,19H,6-11,14-16H2,1-2H3,(H,24,29). The van der Waals surface area contributed by atoms with E-state index in [1.54, 1.807) is 17.9 Å². The average molecular weight is 490 g/mol. The molecule has 10 nitrogen and oxygen atoms in total. The second kappa shape index (κ2) is 10.1. The minimum absolute atomic E-state index is 0.0444. The van der Waals surface area contributed by atoms with Gasteiger partial charge in [0, 0.05) is 32.2 Å². The molecule has 1 aromatic carbocycles. The van der Waals surface area contributed by atoms with Crippen LogP contribution in [0, 0.1) is 6.92 Å². The van der Waals surface area contributed by atoms with Crippen molar-refractivity contribution < 1.29 is 22.7 Å². The molecule has 1 unspecified atom stereocenters. The fourth-order valence-electron chi connectivity index (χ4n) is 4.47. The van der Waals surface area contributed by atoms with Gasteiger partial charge >= 0.3 is 0 Å². The number of amides is 2. The molecule has 34 heavy (non-hydrogen) atoms. The SMILES string of the molecule is COc1cccc(CC(=O)N2CCN(CC(=O)Nc3cc(C)nn3C3CCS(=O)(=O)C3)CC2)c1. The van der Waals surface area contributed by atoms with Crippen LogP contribution in [-0.4, -0.2) is 91.2 Å². The lowest BCUT2D eigenvalue weighted by atomic mass is 10.1. The van der Waals surface area contributed by atoms with E-state index in [4.69, 9.17) is 4.74 Å². The number of aromatic nitrogens is 2. The lowest BCUT2D eigenvalue weighted by molar-refractivity contribution is -0.132. The summed E-state index contributed by atoms with van der Waals surface area (Å²) in [5, 5.41) is 7.30. The number of benzene rings is 1. The summed E-state index contributed by atoms with van der Waals surface area (Å²) >= 11 is 0. The molecule has 2 saturated heterocycles. The molecule has 1 atom stereocenters. The van der Waals surface area contributed by atoms with Crippen LogP contribution in [0.1, 0.15) is 23.7 Å². The monoisotopic (exact) mass is 489 g/mol. The Kier molecular flexibility index (Phi) is 7.22. The van der Waals surface area contributed by atoms with Crippen molar-refractivity contribution in [1.29, 1.82) is 0 Å². The molecule has 2 aromatic rings. The predicted octanol–water partition coefficient (Wildman–Crippen LogP) is 0.885. The maximum absolute atomic E-state index is 12.7. The first-order valence-corrected chi connectivity index (χ1v) is 13.2. The number of methoxy groups -OCH3 is 1. The summed E-state index contributed by atoms with van der Waals surface area (Å²) in [5.74, 6) is 1.32. The van der Waals surface area contributed by atoms with Gasteiger partial charge in [0.1, 0.15) is 11.6 Å². The number of aryl methyl sites for hydroxylation is 1. The Morgan fingerprint density at radius 3 is 2.62 bits per heavy atom. The number of piperazine rings is 1. The molecular weight excluding hydrogens is 458 g/mol. The fourth-order valence-corrected chi connectivity index (χ4v) is 6.16. The van der Waals surface area contributed by atoms with Gasteiger partial charge in [-0.15, -0.1) is 0 Å². The first-order valence-electron chi connectivity index (χ1n) is 11.4. The molecule has 0 radical (unpaired) electrons. The van der Waals surface area contributed by atoms with Crippen molar-refractivity contribution in [3.63, 3.8) is 0 Å². The molecule has 2 aliphatic rings. The maximum Gasteiger partial charge on any atom is 0.239 e. The summed E-state index contributed by atoms with van der Waals surface area (Å²) in [5.41, 5.74) is 1.64. The molecule has 0 aliphatic carbocycles. The Labute approximate surface area is 199 Å². The highest BCUT2D eigenvalue weighted by atomic mass is 32.2. The molecule has 3 heterocycles. The van der Waals surface area contributed by atoms with Gasteiger partial charge < -0.3 is 15.0 Å². The number of nitrogens with one attached hydrogen (secondary N) is 1. The molecule has 184 valence electrons. The molecule has 2 amide bonds. The van der Waals surface area contributed by atoms with Crippen LogP contribution in [0.4, 0.5) is 5.82 Å². The zero-order valence-corrected chi connectivity index (χ0v) is 20.4. The normalized spacial score (nSPS) is 20.3. The number of carbonyl (C=O) groups is 2. The van der Waals surface area contributed by atoms with E-state index in [2.05, 4.69) is 10.4 Å². The number of hydrogen-bond acceptors (Lipinski definition) is 7. The molecule has 4 rings (SSSR count). The van der Waals surface area contributed by atoms with Gasteiger partial charge in [-0.2, -0.15) is 5.10 Å². The van der Waals surface area contributed by atoms with Crippen LogP contribution in [0.5, 0.6) is 5.75 Å². The van der Waals surface area contributed by atoms with E-state index >= 15 is 0 Å².